The summed E-state index contributed by atoms with van der Waals surface area (Å²) in [5, 5.41) is 6.97. The molecule has 1 saturated carbocycles. The molecule has 0 aromatic carbocycles. The molecule has 0 spiro atoms. The van der Waals surface area contributed by atoms with Crippen LogP contribution < -0.4 is 10.8 Å². The summed E-state index contributed by atoms with van der Waals surface area (Å²) in [6.45, 7) is 5.17. The van der Waals surface area contributed by atoms with E-state index in [1.54, 1.807) is 27.0 Å². The number of aromatic nitrogens is 4. The van der Waals surface area contributed by atoms with Crippen molar-refractivity contribution in [2.24, 2.45) is 0 Å². The average Bonchev–Trinajstić information content (AvgIpc) is 3.25. The number of hydrogen-bond donors (Lipinski definition) is 2. The van der Waals surface area contributed by atoms with E-state index in [0.717, 1.165) is 18.4 Å². The SMILES string of the molecule is CC(C)OC(=O)[C@H](C)N[PH](=O)COC1(Cc2cnn3c(N)ncnc23)CC1. The van der Waals surface area contributed by atoms with Crippen molar-refractivity contribution in [1.29, 1.82) is 0 Å². The number of esters is 1. The minimum Gasteiger partial charge on any atom is -0.462 e. The fraction of sp³-hybridized carbons (Fsp3) is 0.625. The van der Waals surface area contributed by atoms with Gasteiger partial charge in [-0.2, -0.15) is 9.61 Å². The molecule has 0 saturated heterocycles. The molecule has 0 amide bonds. The van der Waals surface area contributed by atoms with Crippen LogP contribution in [0.15, 0.2) is 12.5 Å². The van der Waals surface area contributed by atoms with Gasteiger partial charge in [-0.25, -0.2) is 9.97 Å². The molecule has 0 aliphatic heterocycles. The third kappa shape index (κ3) is 4.82. The zero-order valence-electron chi connectivity index (χ0n) is 15.6. The van der Waals surface area contributed by atoms with Gasteiger partial charge in [-0.15, -0.1) is 0 Å². The quantitative estimate of drug-likeness (QED) is 0.473. The highest BCUT2D eigenvalue weighted by Gasteiger charge is 2.45. The van der Waals surface area contributed by atoms with Gasteiger partial charge < -0.3 is 19.8 Å². The van der Waals surface area contributed by atoms with Crippen molar-refractivity contribution in [3.8, 4) is 0 Å². The fourth-order valence-corrected chi connectivity index (χ4v) is 3.88. The molecular weight excluding hydrogens is 371 g/mol. The van der Waals surface area contributed by atoms with E-state index in [4.69, 9.17) is 15.2 Å². The number of nitrogens with two attached hydrogens (primary N) is 1. The molecule has 2 atom stereocenters. The molecule has 3 N–H and O–H groups in total. The van der Waals surface area contributed by atoms with Gasteiger partial charge in [0, 0.05) is 12.0 Å². The second-order valence-electron chi connectivity index (χ2n) is 7.06. The van der Waals surface area contributed by atoms with E-state index >= 15 is 0 Å². The lowest BCUT2D eigenvalue weighted by Gasteiger charge is -2.18. The number of nitrogens with zero attached hydrogens (tertiary/aromatic N) is 4. The van der Waals surface area contributed by atoms with Crippen LogP contribution in [0.3, 0.4) is 0 Å². The molecule has 1 fully saturated rings. The molecule has 1 aliphatic rings. The highest BCUT2D eigenvalue weighted by molar-refractivity contribution is 7.42. The number of fused-ring (bicyclic) bond motifs is 1. The molecular formula is C16H25N6O4P. The van der Waals surface area contributed by atoms with Gasteiger partial charge in [0.2, 0.25) is 5.95 Å². The van der Waals surface area contributed by atoms with Gasteiger partial charge in [-0.05, 0) is 33.6 Å². The number of nitrogens with one attached hydrogen (secondary N) is 1. The summed E-state index contributed by atoms with van der Waals surface area (Å²) in [7, 11) is -2.28. The van der Waals surface area contributed by atoms with E-state index in [2.05, 4.69) is 20.2 Å². The number of hydrogen-bond acceptors (Lipinski definition) is 8. The second-order valence-corrected chi connectivity index (χ2v) is 8.48. The summed E-state index contributed by atoms with van der Waals surface area (Å²) < 4.78 is 24.8. The third-order valence-corrected chi connectivity index (χ3v) is 5.48. The monoisotopic (exact) mass is 396 g/mol. The Kier molecular flexibility index (Phi) is 5.78. The minimum atomic E-state index is -2.28. The maximum atomic E-state index is 12.3. The Morgan fingerprint density at radius 3 is 2.81 bits per heavy atom. The smallest absolute Gasteiger partial charge is 0.323 e. The Hall–Kier alpha value is -2.03. The zero-order chi connectivity index (χ0) is 19.6. The van der Waals surface area contributed by atoms with Crippen LogP contribution in [0.25, 0.3) is 5.65 Å². The summed E-state index contributed by atoms with van der Waals surface area (Å²) in [6, 6.07) is -0.642. The molecule has 2 heterocycles. The highest BCUT2D eigenvalue weighted by atomic mass is 31.1. The van der Waals surface area contributed by atoms with Crippen molar-refractivity contribution in [3.63, 3.8) is 0 Å². The number of nitrogen functional groups attached to an aromatic ring is 1. The molecule has 27 heavy (non-hydrogen) atoms. The van der Waals surface area contributed by atoms with E-state index in [0.29, 0.717) is 12.1 Å². The maximum Gasteiger partial charge on any atom is 0.323 e. The first kappa shape index (κ1) is 19.7. The fourth-order valence-electron chi connectivity index (χ4n) is 2.76. The van der Waals surface area contributed by atoms with Crippen molar-refractivity contribution in [2.75, 3.05) is 12.1 Å². The zero-order valence-corrected chi connectivity index (χ0v) is 16.6. The molecule has 1 unspecified atom stereocenters. The van der Waals surface area contributed by atoms with Gasteiger partial charge >= 0.3 is 5.97 Å². The van der Waals surface area contributed by atoms with Crippen LogP contribution in [-0.2, 0) is 25.3 Å². The van der Waals surface area contributed by atoms with Gasteiger partial charge in [0.15, 0.2) is 13.6 Å². The summed E-state index contributed by atoms with van der Waals surface area (Å²) in [5.74, 6) is -0.151. The summed E-state index contributed by atoms with van der Waals surface area (Å²) >= 11 is 0. The van der Waals surface area contributed by atoms with Crippen LogP contribution in [-0.4, -0.2) is 49.6 Å². The second kappa shape index (κ2) is 7.92. The van der Waals surface area contributed by atoms with E-state index in [-0.39, 0.29) is 24.0 Å². The van der Waals surface area contributed by atoms with Crippen molar-refractivity contribution < 1.29 is 18.8 Å². The van der Waals surface area contributed by atoms with Gasteiger partial charge in [-0.1, -0.05) is 0 Å². The molecule has 0 radical (unpaired) electrons. The third-order valence-electron chi connectivity index (χ3n) is 4.32. The van der Waals surface area contributed by atoms with Gasteiger partial charge in [0.25, 0.3) is 0 Å². The maximum absolute atomic E-state index is 12.3. The number of carbonyl (C=O) groups excluding carboxylic acids is 1. The lowest BCUT2D eigenvalue weighted by atomic mass is 10.1. The van der Waals surface area contributed by atoms with Crippen molar-refractivity contribution >= 4 is 25.5 Å². The molecule has 11 heteroatoms. The number of carbonyl (C=O) groups is 1. The lowest BCUT2D eigenvalue weighted by molar-refractivity contribution is -0.148. The number of ether oxygens (including phenoxy) is 2. The molecule has 10 nitrogen and oxygen atoms in total. The summed E-state index contributed by atoms with van der Waals surface area (Å²) in [4.78, 5) is 19.9. The number of rotatable bonds is 9. The Morgan fingerprint density at radius 1 is 1.41 bits per heavy atom. The minimum absolute atomic E-state index is 0.0559. The van der Waals surface area contributed by atoms with Crippen LogP contribution in [0.5, 0.6) is 0 Å². The van der Waals surface area contributed by atoms with Gasteiger partial charge in [0.05, 0.1) is 17.9 Å². The largest absolute Gasteiger partial charge is 0.462 e. The van der Waals surface area contributed by atoms with E-state index in [1.807, 2.05) is 0 Å². The van der Waals surface area contributed by atoms with Crippen LogP contribution in [0.2, 0.25) is 0 Å². The standard InChI is InChI=1S/C16H25N6O4P/c1-10(2)26-14(23)11(3)21-27(24)9-25-16(4-5-16)6-12-7-20-22-13(12)18-8-19-15(22)17/h7-8,10-11,27H,4-6,9H2,1-3H3,(H,21,24)(H2,17,18,19)/t11-/m0/s1. The molecule has 0 bridgehead atoms. The van der Waals surface area contributed by atoms with Crippen LogP contribution in [0, 0.1) is 0 Å². The first-order chi connectivity index (χ1) is 12.8. The summed E-state index contributed by atoms with van der Waals surface area (Å²) in [5.41, 5.74) is 6.97. The predicted molar refractivity (Wildman–Crippen MR) is 99.6 cm³/mol. The first-order valence-corrected chi connectivity index (χ1v) is 10.5. The number of anilines is 1. The van der Waals surface area contributed by atoms with Crippen molar-refractivity contribution in [1.82, 2.24) is 24.7 Å². The molecule has 2 aromatic heterocycles. The van der Waals surface area contributed by atoms with Gasteiger partial charge in [0.1, 0.15) is 18.7 Å². The average molecular weight is 396 g/mol. The highest BCUT2D eigenvalue weighted by Crippen LogP contribution is 2.44. The first-order valence-electron chi connectivity index (χ1n) is 8.86. The summed E-state index contributed by atoms with van der Waals surface area (Å²) in [6.07, 6.45) is 5.29. The molecule has 2 aromatic rings. The topological polar surface area (TPSA) is 134 Å². The Labute approximate surface area is 157 Å². The van der Waals surface area contributed by atoms with Crippen molar-refractivity contribution in [2.45, 2.75) is 57.8 Å². The molecule has 1 aliphatic carbocycles. The van der Waals surface area contributed by atoms with Crippen LogP contribution >= 0.6 is 7.95 Å². The van der Waals surface area contributed by atoms with Crippen LogP contribution in [0.1, 0.15) is 39.2 Å². The Bertz CT molecular complexity index is 851. The van der Waals surface area contributed by atoms with Crippen molar-refractivity contribution in [3.05, 3.63) is 18.1 Å². The molecule has 3 rings (SSSR count). The van der Waals surface area contributed by atoms with E-state index in [9.17, 15) is 9.36 Å². The van der Waals surface area contributed by atoms with E-state index < -0.39 is 20.0 Å². The Morgan fingerprint density at radius 2 is 2.15 bits per heavy atom. The van der Waals surface area contributed by atoms with Crippen LogP contribution in [0.4, 0.5) is 5.95 Å². The Balaban J connectivity index is 1.54. The molecule has 148 valence electrons. The lowest BCUT2D eigenvalue weighted by Crippen LogP contribution is -2.33. The normalized spacial score (nSPS) is 17.8. The predicted octanol–water partition coefficient (Wildman–Crippen LogP) is 1.16. The van der Waals surface area contributed by atoms with E-state index in [1.165, 1.54) is 10.8 Å². The van der Waals surface area contributed by atoms with Gasteiger partial charge in [-0.3, -0.25) is 9.88 Å².